The van der Waals surface area contributed by atoms with Gasteiger partial charge in [-0.1, -0.05) is 29.3 Å². The number of pyridine rings is 1. The number of rotatable bonds is 15. The summed E-state index contributed by atoms with van der Waals surface area (Å²) in [7, 11) is -3.64. The second kappa shape index (κ2) is 13.8. The molecule has 5 rings (SSSR count). The molecule has 2 fully saturated rings. The molecule has 1 aromatic heterocycles. The van der Waals surface area contributed by atoms with Crippen LogP contribution < -0.4 is 23.7 Å². The van der Waals surface area contributed by atoms with Crippen molar-refractivity contribution in [2.75, 3.05) is 24.2 Å². The molecular formula is C30H30Cl2F2N2O8S. The van der Waals surface area contributed by atoms with Crippen molar-refractivity contribution < 1.29 is 45.7 Å². The van der Waals surface area contributed by atoms with Crippen LogP contribution in [0.3, 0.4) is 0 Å². The van der Waals surface area contributed by atoms with Gasteiger partial charge in [-0.15, -0.1) is 0 Å². The standard InChI is InChI=1S/C30H30Cl2F2N2O8S/c1-45(39,40)35-24-8-6-20(11-27(24)41-15-17-2-3-17)29(37)43-26(12-21-22(31)13-36(38)14-23(21)32)19-7-9-25(44-30(33)34)28(10-19)42-16-18-4-5-18/h6-11,13-14,17-18,26,30,35H,2-5,12,15-16H2,1H3. The minimum Gasteiger partial charge on any atom is -0.619 e. The number of esters is 1. The number of aromatic nitrogens is 1. The van der Waals surface area contributed by atoms with Crippen molar-refractivity contribution in [1.29, 1.82) is 0 Å². The van der Waals surface area contributed by atoms with Gasteiger partial charge >= 0.3 is 12.6 Å². The molecule has 1 unspecified atom stereocenters. The van der Waals surface area contributed by atoms with E-state index in [1.807, 2.05) is 0 Å². The van der Waals surface area contributed by atoms with E-state index in [4.69, 9.17) is 37.4 Å². The molecule has 2 saturated carbocycles. The lowest BCUT2D eigenvalue weighted by Crippen LogP contribution is -2.25. The maximum atomic E-state index is 13.6. The zero-order valence-corrected chi connectivity index (χ0v) is 26.3. The number of hydrogen-bond acceptors (Lipinski definition) is 8. The number of benzene rings is 2. The third kappa shape index (κ3) is 9.47. The fourth-order valence-electron chi connectivity index (χ4n) is 4.40. The highest BCUT2D eigenvalue weighted by Gasteiger charge is 2.28. The molecule has 242 valence electrons. The third-order valence-corrected chi connectivity index (χ3v) is 8.35. The van der Waals surface area contributed by atoms with Crippen molar-refractivity contribution in [3.63, 3.8) is 0 Å². The molecule has 0 spiro atoms. The Labute approximate surface area is 268 Å². The second-order valence-electron chi connectivity index (χ2n) is 11.1. The lowest BCUT2D eigenvalue weighted by Gasteiger charge is -2.22. The highest BCUT2D eigenvalue weighted by atomic mass is 35.5. The lowest BCUT2D eigenvalue weighted by molar-refractivity contribution is -0.605. The minimum atomic E-state index is -3.64. The zero-order chi connectivity index (χ0) is 32.3. The Morgan fingerprint density at radius 3 is 2.18 bits per heavy atom. The molecule has 0 amide bonds. The largest absolute Gasteiger partial charge is 0.619 e. The van der Waals surface area contributed by atoms with Crippen molar-refractivity contribution in [2.24, 2.45) is 11.8 Å². The summed E-state index contributed by atoms with van der Waals surface area (Å²) < 4.78 is 75.2. The Balaban J connectivity index is 1.47. The van der Waals surface area contributed by atoms with E-state index >= 15 is 0 Å². The smallest absolute Gasteiger partial charge is 0.387 e. The number of carbonyl (C=O) groups excluding carboxylic acids is 1. The van der Waals surface area contributed by atoms with E-state index in [0.29, 0.717) is 40.9 Å². The van der Waals surface area contributed by atoms with Crippen LogP contribution in [-0.2, 0) is 21.2 Å². The van der Waals surface area contributed by atoms with Gasteiger partial charge in [-0.25, -0.2) is 13.2 Å². The predicted molar refractivity (Wildman–Crippen MR) is 162 cm³/mol. The van der Waals surface area contributed by atoms with E-state index in [9.17, 15) is 27.2 Å². The van der Waals surface area contributed by atoms with E-state index in [1.165, 1.54) is 36.4 Å². The minimum absolute atomic E-state index is 0.0216. The van der Waals surface area contributed by atoms with Crippen molar-refractivity contribution in [1.82, 2.24) is 0 Å². The van der Waals surface area contributed by atoms with E-state index in [0.717, 1.165) is 44.3 Å². The van der Waals surface area contributed by atoms with Gasteiger partial charge in [-0.05, 0) is 73.4 Å². The first-order valence-electron chi connectivity index (χ1n) is 14.1. The summed E-state index contributed by atoms with van der Waals surface area (Å²) in [6.45, 7) is -2.45. The van der Waals surface area contributed by atoms with Gasteiger partial charge in [-0.3, -0.25) is 4.72 Å². The molecular weight excluding hydrogens is 657 g/mol. The van der Waals surface area contributed by atoms with Gasteiger partial charge in [-0.2, -0.15) is 13.5 Å². The van der Waals surface area contributed by atoms with Crippen LogP contribution in [-0.4, -0.2) is 40.5 Å². The molecule has 0 aliphatic heterocycles. The van der Waals surface area contributed by atoms with Crippen LogP contribution in [0.2, 0.25) is 10.0 Å². The molecule has 1 heterocycles. The van der Waals surface area contributed by atoms with E-state index in [2.05, 4.69) is 9.46 Å². The Hall–Kier alpha value is -3.55. The van der Waals surface area contributed by atoms with Crippen LogP contribution >= 0.6 is 23.2 Å². The van der Waals surface area contributed by atoms with Gasteiger partial charge in [0.25, 0.3) is 0 Å². The van der Waals surface area contributed by atoms with Gasteiger partial charge in [0.15, 0.2) is 23.9 Å². The lowest BCUT2D eigenvalue weighted by atomic mass is 10.0. The topological polar surface area (TPSA) is 127 Å². The van der Waals surface area contributed by atoms with Crippen molar-refractivity contribution in [3.8, 4) is 17.2 Å². The molecule has 3 aromatic rings. The van der Waals surface area contributed by atoms with Gasteiger partial charge in [0, 0.05) is 12.0 Å². The number of alkyl halides is 2. The fraction of sp³-hybridized carbons (Fsp3) is 0.400. The van der Waals surface area contributed by atoms with Gasteiger partial charge in [0.1, 0.15) is 21.9 Å². The molecule has 0 radical (unpaired) electrons. The molecule has 2 aliphatic carbocycles. The van der Waals surface area contributed by atoms with Crippen molar-refractivity contribution in [3.05, 3.63) is 80.7 Å². The maximum absolute atomic E-state index is 13.6. The van der Waals surface area contributed by atoms with Crippen molar-refractivity contribution in [2.45, 2.75) is 44.8 Å². The maximum Gasteiger partial charge on any atom is 0.387 e. The number of halogens is 4. The number of carbonyl (C=O) groups is 1. The SMILES string of the molecule is CS(=O)(=O)Nc1ccc(C(=O)OC(Cc2c(Cl)c[n+]([O-])cc2Cl)c2ccc(OC(F)F)c(OCC3CC3)c2)cc1OCC1CC1. The van der Waals surface area contributed by atoms with Crippen LogP contribution in [0.25, 0.3) is 0 Å². The molecule has 2 aliphatic rings. The molecule has 0 saturated heterocycles. The third-order valence-electron chi connectivity index (χ3n) is 7.11. The van der Waals surface area contributed by atoms with Gasteiger partial charge in [0.05, 0.1) is 30.7 Å². The van der Waals surface area contributed by atoms with Crippen LogP contribution in [0, 0.1) is 17.0 Å². The first kappa shape index (κ1) is 32.8. The number of sulfonamides is 1. The summed E-state index contributed by atoms with van der Waals surface area (Å²) in [5, 5.41) is 11.9. The Kier molecular flexibility index (Phi) is 10.1. The predicted octanol–water partition coefficient (Wildman–Crippen LogP) is 6.32. The first-order chi connectivity index (χ1) is 21.3. The van der Waals surface area contributed by atoms with Crippen LogP contribution in [0.1, 0.15) is 53.3 Å². The Bertz CT molecular complexity index is 1650. The van der Waals surface area contributed by atoms with Crippen LogP contribution in [0.4, 0.5) is 14.5 Å². The average Bonchev–Trinajstić information content (AvgIpc) is 3.88. The Morgan fingerprint density at radius 1 is 0.978 bits per heavy atom. The van der Waals surface area contributed by atoms with E-state index < -0.39 is 28.7 Å². The summed E-state index contributed by atoms with van der Waals surface area (Å²) in [6.07, 6.45) is 5.90. The van der Waals surface area contributed by atoms with Gasteiger partial charge < -0.3 is 24.2 Å². The summed E-state index contributed by atoms with van der Waals surface area (Å²) in [6, 6.07) is 8.33. The number of hydrogen-bond donors (Lipinski definition) is 1. The highest BCUT2D eigenvalue weighted by Crippen LogP contribution is 2.39. The number of anilines is 1. The second-order valence-corrected chi connectivity index (χ2v) is 13.6. The molecule has 2 aromatic carbocycles. The molecule has 15 heteroatoms. The molecule has 0 bridgehead atoms. The summed E-state index contributed by atoms with van der Waals surface area (Å²) in [5.74, 6) is -0.157. The average molecular weight is 688 g/mol. The quantitative estimate of drug-likeness (QED) is 0.112. The normalized spacial score (nSPS) is 15.4. The monoisotopic (exact) mass is 686 g/mol. The number of ether oxygens (including phenoxy) is 4. The zero-order valence-electron chi connectivity index (χ0n) is 24.0. The Morgan fingerprint density at radius 2 is 1.60 bits per heavy atom. The summed E-state index contributed by atoms with van der Waals surface area (Å²) >= 11 is 12.7. The molecule has 1 atom stereocenters. The first-order valence-corrected chi connectivity index (χ1v) is 16.7. The number of nitrogens with one attached hydrogen (secondary N) is 1. The molecule has 10 nitrogen and oxygen atoms in total. The summed E-state index contributed by atoms with van der Waals surface area (Å²) in [5.41, 5.74) is 0.863. The summed E-state index contributed by atoms with van der Waals surface area (Å²) in [4.78, 5) is 13.6. The fourth-order valence-corrected chi connectivity index (χ4v) is 5.57. The van der Waals surface area contributed by atoms with Crippen LogP contribution in [0.15, 0.2) is 48.8 Å². The van der Waals surface area contributed by atoms with Crippen molar-refractivity contribution >= 4 is 44.9 Å². The van der Waals surface area contributed by atoms with E-state index in [1.54, 1.807) is 0 Å². The van der Waals surface area contributed by atoms with Gasteiger partial charge in [0.2, 0.25) is 10.0 Å². The number of nitrogens with zero attached hydrogens (tertiary/aromatic N) is 1. The molecule has 45 heavy (non-hydrogen) atoms. The molecule has 1 N–H and O–H groups in total. The van der Waals surface area contributed by atoms with E-state index in [-0.39, 0.29) is 45.0 Å². The van der Waals surface area contributed by atoms with Crippen LogP contribution in [0.5, 0.6) is 17.2 Å². The highest BCUT2D eigenvalue weighted by molar-refractivity contribution is 7.92.